The van der Waals surface area contributed by atoms with Crippen LogP contribution < -0.4 is 0 Å². The van der Waals surface area contributed by atoms with Crippen molar-refractivity contribution in [3.05, 3.63) is 0 Å². The molecule has 0 saturated carbocycles. The van der Waals surface area contributed by atoms with Gasteiger partial charge in [0.15, 0.2) is 0 Å². The van der Waals surface area contributed by atoms with Crippen LogP contribution in [0, 0.1) is 5.41 Å². The van der Waals surface area contributed by atoms with E-state index in [1.807, 2.05) is 6.92 Å². The Morgan fingerprint density at radius 2 is 1.78 bits per heavy atom. The topological polar surface area (TPSA) is 29.5 Å². The van der Waals surface area contributed by atoms with Crippen molar-refractivity contribution in [1.82, 2.24) is 4.90 Å². The molecule has 0 unspecified atom stereocenters. The number of hydrogen-bond acceptors (Lipinski definition) is 2. The molecule has 0 atom stereocenters. The number of nitrogens with zero attached hydrogens (tertiary/aromatic N) is 1. The maximum absolute atomic E-state index is 12.4. The number of ether oxygens (including phenoxy) is 1. The van der Waals surface area contributed by atoms with Crippen LogP contribution in [-0.4, -0.2) is 43.3 Å². The van der Waals surface area contributed by atoms with Gasteiger partial charge in [0.2, 0.25) is 5.91 Å². The molecule has 0 heterocycles. The van der Waals surface area contributed by atoms with E-state index >= 15 is 0 Å². The van der Waals surface area contributed by atoms with Gasteiger partial charge >= 0.3 is 6.18 Å². The van der Waals surface area contributed by atoms with Crippen LogP contribution in [0.2, 0.25) is 0 Å². The molecule has 18 heavy (non-hydrogen) atoms. The zero-order valence-corrected chi connectivity index (χ0v) is 11.4. The van der Waals surface area contributed by atoms with Gasteiger partial charge in [0, 0.05) is 25.2 Å². The van der Waals surface area contributed by atoms with Gasteiger partial charge in [-0.1, -0.05) is 20.8 Å². The summed E-state index contributed by atoms with van der Waals surface area (Å²) in [4.78, 5) is 12.8. The molecule has 0 bridgehead atoms. The van der Waals surface area contributed by atoms with Gasteiger partial charge in [-0.3, -0.25) is 4.79 Å². The Kier molecular flexibility index (Phi) is 6.67. The summed E-state index contributed by atoms with van der Waals surface area (Å²) in [7, 11) is 0. The Bertz CT molecular complexity index is 259. The first-order valence-electron chi connectivity index (χ1n) is 6.02. The molecule has 3 nitrogen and oxygen atoms in total. The molecule has 0 fully saturated rings. The Hall–Kier alpha value is -0.780. The van der Waals surface area contributed by atoms with Gasteiger partial charge in [-0.15, -0.1) is 0 Å². The van der Waals surface area contributed by atoms with Crippen LogP contribution >= 0.6 is 0 Å². The highest BCUT2D eigenvalue weighted by molar-refractivity contribution is 5.81. The third kappa shape index (κ3) is 7.53. The molecule has 0 saturated heterocycles. The Balaban J connectivity index is 4.49. The largest absolute Gasteiger partial charge is 0.406 e. The van der Waals surface area contributed by atoms with Gasteiger partial charge in [0.05, 0.1) is 0 Å². The van der Waals surface area contributed by atoms with E-state index in [4.69, 9.17) is 4.74 Å². The van der Waals surface area contributed by atoms with Crippen molar-refractivity contribution in [1.29, 1.82) is 0 Å². The normalized spacial score (nSPS) is 12.6. The zero-order valence-electron chi connectivity index (χ0n) is 11.4. The van der Waals surface area contributed by atoms with Crippen LogP contribution in [0.3, 0.4) is 0 Å². The summed E-state index contributed by atoms with van der Waals surface area (Å²) in [5.41, 5.74) is -0.809. The standard InChI is InChI=1S/C12H22F3NO2/c1-5-18-8-6-7-16(9-12(13,14)15)10(17)11(2,3)4/h5-9H2,1-4H3. The number of carbonyl (C=O) groups is 1. The van der Waals surface area contributed by atoms with Crippen LogP contribution in [-0.2, 0) is 9.53 Å². The highest BCUT2D eigenvalue weighted by Gasteiger charge is 2.36. The van der Waals surface area contributed by atoms with Crippen molar-refractivity contribution in [2.24, 2.45) is 5.41 Å². The molecule has 0 aliphatic heterocycles. The molecule has 0 radical (unpaired) electrons. The fraction of sp³-hybridized carbons (Fsp3) is 0.917. The lowest BCUT2D eigenvalue weighted by Crippen LogP contribution is -2.45. The van der Waals surface area contributed by atoms with Gasteiger partial charge < -0.3 is 9.64 Å². The average molecular weight is 269 g/mol. The quantitative estimate of drug-likeness (QED) is 0.694. The number of carbonyl (C=O) groups excluding carboxylic acids is 1. The Labute approximate surface area is 106 Å². The molecule has 0 rings (SSSR count). The molecule has 0 aromatic rings. The summed E-state index contributed by atoms with van der Waals surface area (Å²) in [6.07, 6.45) is -3.96. The lowest BCUT2D eigenvalue weighted by Gasteiger charge is -2.30. The van der Waals surface area contributed by atoms with Crippen LogP contribution in [0.15, 0.2) is 0 Å². The molecule has 0 aromatic heterocycles. The van der Waals surface area contributed by atoms with Crippen LogP contribution in [0.1, 0.15) is 34.1 Å². The molecule has 0 spiro atoms. The van der Waals surface area contributed by atoms with Crippen LogP contribution in [0.5, 0.6) is 0 Å². The van der Waals surface area contributed by atoms with Gasteiger partial charge in [-0.2, -0.15) is 13.2 Å². The van der Waals surface area contributed by atoms with E-state index in [1.165, 1.54) is 0 Å². The SMILES string of the molecule is CCOCCCN(CC(F)(F)F)C(=O)C(C)(C)C. The summed E-state index contributed by atoms with van der Waals surface area (Å²) >= 11 is 0. The lowest BCUT2D eigenvalue weighted by molar-refractivity contribution is -0.166. The lowest BCUT2D eigenvalue weighted by atomic mass is 9.94. The average Bonchev–Trinajstić information content (AvgIpc) is 2.18. The predicted octanol–water partition coefficient (Wildman–Crippen LogP) is 2.85. The summed E-state index contributed by atoms with van der Waals surface area (Å²) < 4.78 is 42.3. The minimum atomic E-state index is -4.37. The summed E-state index contributed by atoms with van der Waals surface area (Å²) in [5, 5.41) is 0. The van der Waals surface area contributed by atoms with Crippen molar-refractivity contribution >= 4 is 5.91 Å². The number of alkyl halides is 3. The minimum absolute atomic E-state index is 0.0651. The highest BCUT2D eigenvalue weighted by Crippen LogP contribution is 2.22. The summed E-state index contributed by atoms with van der Waals surface area (Å²) in [6, 6.07) is 0. The van der Waals surface area contributed by atoms with E-state index in [0.29, 0.717) is 19.6 Å². The minimum Gasteiger partial charge on any atom is -0.382 e. The smallest absolute Gasteiger partial charge is 0.382 e. The van der Waals surface area contributed by atoms with E-state index in [1.54, 1.807) is 20.8 Å². The van der Waals surface area contributed by atoms with Crippen molar-refractivity contribution in [3.63, 3.8) is 0 Å². The first-order chi connectivity index (χ1) is 8.08. The summed E-state index contributed by atoms with van der Waals surface area (Å²) in [5.74, 6) is -0.490. The maximum atomic E-state index is 12.4. The second kappa shape index (κ2) is 6.97. The van der Waals surface area contributed by atoms with Crippen LogP contribution in [0.25, 0.3) is 0 Å². The first-order valence-corrected chi connectivity index (χ1v) is 6.02. The maximum Gasteiger partial charge on any atom is 0.406 e. The molecule has 0 aromatic carbocycles. The molecule has 6 heteroatoms. The highest BCUT2D eigenvalue weighted by atomic mass is 19.4. The number of rotatable bonds is 6. The fourth-order valence-electron chi connectivity index (χ4n) is 1.44. The molecule has 0 aliphatic carbocycles. The van der Waals surface area contributed by atoms with E-state index in [2.05, 4.69) is 0 Å². The van der Waals surface area contributed by atoms with Gasteiger partial charge in [-0.05, 0) is 13.3 Å². The second-order valence-electron chi connectivity index (χ2n) is 5.14. The molecule has 108 valence electrons. The van der Waals surface area contributed by atoms with Gasteiger partial charge in [0.1, 0.15) is 6.54 Å². The van der Waals surface area contributed by atoms with Crippen molar-refractivity contribution < 1.29 is 22.7 Å². The van der Waals surface area contributed by atoms with Crippen molar-refractivity contribution in [2.45, 2.75) is 40.3 Å². The number of halogens is 3. The fourth-order valence-corrected chi connectivity index (χ4v) is 1.44. The van der Waals surface area contributed by atoms with E-state index in [-0.39, 0.29) is 6.54 Å². The molecule has 1 amide bonds. The second-order valence-corrected chi connectivity index (χ2v) is 5.14. The van der Waals surface area contributed by atoms with Gasteiger partial charge in [0.25, 0.3) is 0 Å². The predicted molar refractivity (Wildman–Crippen MR) is 63.2 cm³/mol. The van der Waals surface area contributed by atoms with E-state index in [0.717, 1.165) is 4.90 Å². The molecular formula is C12H22F3NO2. The Morgan fingerprint density at radius 1 is 1.22 bits per heavy atom. The zero-order chi connectivity index (χ0) is 14.4. The van der Waals surface area contributed by atoms with Crippen molar-refractivity contribution in [2.75, 3.05) is 26.3 Å². The third-order valence-electron chi connectivity index (χ3n) is 2.22. The van der Waals surface area contributed by atoms with E-state index < -0.39 is 24.0 Å². The Morgan fingerprint density at radius 3 is 2.17 bits per heavy atom. The van der Waals surface area contributed by atoms with E-state index in [9.17, 15) is 18.0 Å². The third-order valence-corrected chi connectivity index (χ3v) is 2.22. The molecule has 0 aliphatic rings. The van der Waals surface area contributed by atoms with Crippen molar-refractivity contribution in [3.8, 4) is 0 Å². The molecular weight excluding hydrogens is 247 g/mol. The monoisotopic (exact) mass is 269 g/mol. The van der Waals surface area contributed by atoms with Gasteiger partial charge in [-0.25, -0.2) is 0 Å². The first kappa shape index (κ1) is 17.2. The van der Waals surface area contributed by atoms with Crippen LogP contribution in [0.4, 0.5) is 13.2 Å². The summed E-state index contributed by atoms with van der Waals surface area (Å²) in [6.45, 7) is 6.40. The number of amides is 1. The number of hydrogen-bond donors (Lipinski definition) is 0. The molecule has 0 N–H and O–H groups in total.